The Labute approximate surface area is 432 Å². The van der Waals surface area contributed by atoms with E-state index in [1.807, 2.05) is 0 Å². The highest BCUT2D eigenvalue weighted by Crippen LogP contribution is 2.55. The topological polar surface area (TPSA) is 324 Å². The highest BCUT2D eigenvalue weighted by molar-refractivity contribution is 6.30. The normalized spacial score (nSPS) is 45.3. The molecule has 4 saturated heterocycles. The lowest BCUT2D eigenvalue weighted by atomic mass is 9.71. The fraction of sp³-hybridized carbons (Fsp3) is 0.725. The van der Waals surface area contributed by atoms with Crippen molar-refractivity contribution >= 4 is 11.6 Å². The number of carbonyl (C=O) groups excluding carboxylic acids is 2. The van der Waals surface area contributed by atoms with Crippen LogP contribution in [0.4, 0.5) is 0 Å². The van der Waals surface area contributed by atoms with Crippen LogP contribution < -0.4 is 4.74 Å². The van der Waals surface area contributed by atoms with Crippen LogP contribution in [-0.4, -0.2) is 213 Å². The van der Waals surface area contributed by atoms with Gasteiger partial charge in [0.15, 0.2) is 30.8 Å². The highest BCUT2D eigenvalue weighted by Gasteiger charge is 2.64. The Bertz CT molecular complexity index is 2590. The van der Waals surface area contributed by atoms with E-state index >= 15 is 4.79 Å². The number of rotatable bonds is 11. The zero-order valence-corrected chi connectivity index (χ0v) is 44.1. The number of methoxy groups -OCH3 is 3. The molecule has 9 rings (SSSR count). The Morgan fingerprint density at radius 2 is 1.31 bits per heavy atom. The van der Waals surface area contributed by atoms with Crippen LogP contribution in [0.15, 0.2) is 18.2 Å². The Morgan fingerprint density at radius 3 is 1.85 bits per heavy atom. The first-order valence-corrected chi connectivity index (χ1v) is 25.0. The summed E-state index contributed by atoms with van der Waals surface area (Å²) in [6.07, 6.45) is -21.4. The lowest BCUT2D eigenvalue weighted by Gasteiger charge is -2.56. The van der Waals surface area contributed by atoms with E-state index in [2.05, 4.69) is 0 Å². The molecule has 2 aliphatic carbocycles. The van der Waals surface area contributed by atoms with E-state index in [1.165, 1.54) is 81.1 Å². The lowest BCUT2D eigenvalue weighted by molar-refractivity contribution is -0.600. The summed E-state index contributed by atoms with van der Waals surface area (Å²) in [5, 5.41) is 93.8. The summed E-state index contributed by atoms with van der Waals surface area (Å²) in [6, 6.07) is 3.39. The molecule has 0 unspecified atom stereocenters. The molecule has 7 N–H and O–H groups in total. The standard InChI is InChI=1S/C51H70N2O22/c1-19-37(58)49(6,61)42(66-12)45(69-19)73-36-27-22(17-48(5,60)41(36)65-11)16-24-28(32(27)55)33(56)29-23(31(24)54)14-15-25-35(29)72-44-34(57)30(52(9)10)40(51(25,8)75-44)71-26-18-47(4,53(63)64)39(21(3)68-26)74-46-43(67-13)50(7,62)38(59)20(2)70-46/h14-16,19-21,26,30,34,36-46,55,57-62H,17-18H2,1-13H3/t19-,20-,21+,26-,30-,34-,36+,37-,38-,39+,40-,41+,42-,43-,44+,45-,46-,47-,48+,49+,50+,51+/m0/s1. The Hall–Kier alpha value is -3.90. The van der Waals surface area contributed by atoms with Crippen LogP contribution in [0.2, 0.25) is 0 Å². The molecule has 4 fully saturated rings. The summed E-state index contributed by atoms with van der Waals surface area (Å²) in [7, 11) is 7.23. The molecule has 5 heterocycles. The van der Waals surface area contributed by atoms with Crippen molar-refractivity contribution < 1.29 is 102 Å². The van der Waals surface area contributed by atoms with E-state index in [1.54, 1.807) is 32.8 Å². The number of fused-ring (bicyclic) bond motifs is 8. The van der Waals surface area contributed by atoms with Crippen molar-refractivity contribution in [2.75, 3.05) is 35.4 Å². The average molecular weight is 1060 g/mol. The first-order chi connectivity index (χ1) is 34.9. The van der Waals surface area contributed by atoms with E-state index in [0.29, 0.717) is 0 Å². The highest BCUT2D eigenvalue weighted by atomic mass is 16.8. The number of phenols is 1. The molecule has 2 aromatic rings. The van der Waals surface area contributed by atoms with Crippen LogP contribution in [0, 0.1) is 10.1 Å². The number of phenolic OH excluding ortho intramolecular Hbond substituents is 1. The third-order valence-corrected chi connectivity index (χ3v) is 16.9. The molecule has 2 bridgehead atoms. The molecule has 0 aromatic heterocycles. The van der Waals surface area contributed by atoms with Crippen molar-refractivity contribution in [1.29, 1.82) is 0 Å². The maximum absolute atomic E-state index is 15.3. The molecule has 2 aromatic carbocycles. The molecule has 0 radical (unpaired) electrons. The summed E-state index contributed by atoms with van der Waals surface area (Å²) in [4.78, 5) is 44.4. The van der Waals surface area contributed by atoms with E-state index in [9.17, 15) is 50.7 Å². The number of benzene rings is 2. The second kappa shape index (κ2) is 19.2. The van der Waals surface area contributed by atoms with Crippen LogP contribution >= 0.6 is 0 Å². The molecule has 416 valence electrons. The summed E-state index contributed by atoms with van der Waals surface area (Å²) in [5.41, 5.74) is -9.67. The predicted molar refractivity (Wildman–Crippen MR) is 254 cm³/mol. The van der Waals surface area contributed by atoms with Crippen LogP contribution in [0.3, 0.4) is 0 Å². The Kier molecular flexibility index (Phi) is 14.3. The number of nitro groups is 1. The van der Waals surface area contributed by atoms with Gasteiger partial charge in [-0.05, 0) is 80.3 Å². The number of ether oxygens (including phenoxy) is 11. The van der Waals surface area contributed by atoms with Gasteiger partial charge in [-0.25, -0.2) is 0 Å². The number of hydrogen-bond acceptors (Lipinski definition) is 23. The van der Waals surface area contributed by atoms with Crippen LogP contribution in [0.1, 0.15) is 116 Å². The minimum absolute atomic E-state index is 0.0229. The number of ketones is 2. The quantitative estimate of drug-likeness (QED) is 0.101. The smallest absolute Gasteiger partial charge is 0.252 e. The molecule has 24 heteroatoms. The number of aromatic hydroxyl groups is 1. The van der Waals surface area contributed by atoms with Crippen molar-refractivity contribution in [2.24, 2.45) is 0 Å². The van der Waals surface area contributed by atoms with Crippen molar-refractivity contribution in [3.05, 3.63) is 67.3 Å². The predicted octanol–water partition coefficient (Wildman–Crippen LogP) is 0.487. The maximum atomic E-state index is 15.3. The number of aliphatic hydroxyl groups excluding tert-OH is 3. The monoisotopic (exact) mass is 1060 g/mol. The zero-order chi connectivity index (χ0) is 55.1. The van der Waals surface area contributed by atoms with Crippen LogP contribution in [0.5, 0.6) is 11.5 Å². The first kappa shape index (κ1) is 55.8. The second-order valence-corrected chi connectivity index (χ2v) is 22.4. The molecule has 0 amide bonds. The van der Waals surface area contributed by atoms with E-state index < -0.39 is 167 Å². The summed E-state index contributed by atoms with van der Waals surface area (Å²) < 4.78 is 67.7. The molecule has 5 aliphatic heterocycles. The largest absolute Gasteiger partial charge is 0.507 e. The fourth-order valence-corrected chi connectivity index (χ4v) is 12.9. The van der Waals surface area contributed by atoms with Gasteiger partial charge in [0, 0.05) is 61.9 Å². The number of nitrogens with zero attached hydrogens (tertiary/aromatic N) is 2. The molecular formula is C51H70N2O22. The van der Waals surface area contributed by atoms with Crippen molar-refractivity contribution in [1.82, 2.24) is 4.90 Å². The maximum Gasteiger partial charge on any atom is 0.252 e. The van der Waals surface area contributed by atoms with Gasteiger partial charge in [-0.3, -0.25) is 19.7 Å². The lowest BCUT2D eigenvalue weighted by Crippen LogP contribution is -2.71. The summed E-state index contributed by atoms with van der Waals surface area (Å²) in [6.45, 7) is 11.7. The SMILES string of the molecule is CO[C@@H]1[C@H](O[C@@H]2O[C@@H](C)[C@H](O)[C@@](C)(O)[C@H]2OC)c2c(cc3c(c2O)C(=O)c2c(ccc4c2O[C@@H]2O[C@@]4(C)[C@@H](O[C@H]4C[C@](C)([N+](=O)[O-])[C@H](O[C@@H]5O[C@@H](C)[C@H](O)[C@@](C)(O)[C@H]5OC)[C@@H](C)O4)[C@@H](N(C)C)[C@@H]2O)C3=O)C[C@@]1(C)O. The van der Waals surface area contributed by atoms with Gasteiger partial charge < -0.3 is 92.8 Å². The minimum Gasteiger partial charge on any atom is -0.507 e. The van der Waals surface area contributed by atoms with Crippen molar-refractivity contribution in [2.45, 2.75) is 201 Å². The third-order valence-electron chi connectivity index (χ3n) is 16.9. The van der Waals surface area contributed by atoms with Gasteiger partial charge in [-0.1, -0.05) is 6.07 Å². The number of likely N-dealkylation sites (N-methyl/N-ethyl adjacent to an activating group) is 1. The molecular weight excluding hydrogens is 993 g/mol. The van der Waals surface area contributed by atoms with Gasteiger partial charge in [0.1, 0.15) is 77.1 Å². The summed E-state index contributed by atoms with van der Waals surface area (Å²) in [5.74, 6) is -2.37. The molecule has 7 aliphatic rings. The van der Waals surface area contributed by atoms with Gasteiger partial charge in [-0.2, -0.15) is 0 Å². The van der Waals surface area contributed by atoms with Gasteiger partial charge in [-0.15, -0.1) is 0 Å². The molecule has 22 atom stereocenters. The zero-order valence-electron chi connectivity index (χ0n) is 44.1. The number of aliphatic hydroxyl groups is 6. The fourth-order valence-electron chi connectivity index (χ4n) is 12.9. The van der Waals surface area contributed by atoms with Gasteiger partial charge in [0.05, 0.1) is 47.5 Å². The molecule has 24 nitrogen and oxygen atoms in total. The second-order valence-electron chi connectivity index (χ2n) is 22.4. The Morgan fingerprint density at radius 1 is 0.733 bits per heavy atom. The van der Waals surface area contributed by atoms with Crippen LogP contribution in [0.25, 0.3) is 0 Å². The van der Waals surface area contributed by atoms with Gasteiger partial charge in [0.2, 0.25) is 12.1 Å². The van der Waals surface area contributed by atoms with E-state index in [-0.39, 0.29) is 45.6 Å². The van der Waals surface area contributed by atoms with Crippen molar-refractivity contribution in [3.8, 4) is 11.5 Å². The minimum atomic E-state index is -1.95. The molecule has 0 saturated carbocycles. The van der Waals surface area contributed by atoms with Gasteiger partial charge >= 0.3 is 0 Å². The first-order valence-electron chi connectivity index (χ1n) is 25.0. The molecule has 75 heavy (non-hydrogen) atoms. The van der Waals surface area contributed by atoms with Crippen LogP contribution in [-0.2, 0) is 59.4 Å². The van der Waals surface area contributed by atoms with E-state index in [0.717, 1.165) is 0 Å². The number of carbonyl (C=O) groups is 2. The average Bonchev–Trinajstić information content (AvgIpc) is 3.31. The van der Waals surface area contributed by atoms with Crippen molar-refractivity contribution in [3.63, 3.8) is 0 Å². The van der Waals surface area contributed by atoms with E-state index in [4.69, 9.17) is 52.1 Å². The number of hydrogen-bond donors (Lipinski definition) is 7. The Balaban J connectivity index is 1.08. The third kappa shape index (κ3) is 8.45. The molecule has 0 spiro atoms. The van der Waals surface area contributed by atoms with Gasteiger partial charge in [0.25, 0.3) is 5.54 Å². The summed E-state index contributed by atoms with van der Waals surface area (Å²) >= 11 is 0.